The minimum absolute atomic E-state index is 0.0574. The maximum atomic E-state index is 12.4. The lowest BCUT2D eigenvalue weighted by molar-refractivity contribution is -0.137. The van der Waals surface area contributed by atoms with Crippen molar-refractivity contribution in [1.29, 1.82) is 0 Å². The van der Waals surface area contributed by atoms with Gasteiger partial charge in [0, 0.05) is 25.6 Å². The molecular formula is C15H18N4O3. The molecule has 1 heterocycles. The second kappa shape index (κ2) is 6.84. The summed E-state index contributed by atoms with van der Waals surface area (Å²) in [6.45, 7) is 2.27. The zero-order chi connectivity index (χ0) is 16.1. The largest absolute Gasteiger partial charge is 0.481 e. The molecule has 0 radical (unpaired) electrons. The summed E-state index contributed by atoms with van der Waals surface area (Å²) in [5.41, 5.74) is 2.27. The van der Waals surface area contributed by atoms with Crippen LogP contribution in [0.2, 0.25) is 0 Å². The van der Waals surface area contributed by atoms with Crippen LogP contribution in [-0.2, 0) is 4.79 Å². The number of carboxylic acid groups (broad SMARTS) is 1. The van der Waals surface area contributed by atoms with Crippen molar-refractivity contribution in [2.75, 3.05) is 13.6 Å². The average Bonchev–Trinajstić information content (AvgIpc) is 3.00. The zero-order valence-electron chi connectivity index (χ0n) is 12.6. The number of carbonyl (C=O) groups is 2. The predicted molar refractivity (Wildman–Crippen MR) is 79.9 cm³/mol. The van der Waals surface area contributed by atoms with Crippen molar-refractivity contribution in [2.45, 2.75) is 19.8 Å². The molecule has 0 spiro atoms. The predicted octanol–water partition coefficient (Wildman–Crippen LogP) is 1.51. The molecule has 7 heteroatoms. The van der Waals surface area contributed by atoms with E-state index in [9.17, 15) is 9.59 Å². The molecule has 1 aromatic carbocycles. The van der Waals surface area contributed by atoms with Gasteiger partial charge in [-0.2, -0.15) is 5.10 Å². The van der Waals surface area contributed by atoms with Crippen LogP contribution >= 0.6 is 0 Å². The number of aromatic nitrogens is 3. The van der Waals surface area contributed by atoms with Gasteiger partial charge in [-0.05, 0) is 37.1 Å². The third-order valence-electron chi connectivity index (χ3n) is 3.35. The van der Waals surface area contributed by atoms with Gasteiger partial charge in [0.1, 0.15) is 12.7 Å². The number of aryl methyl sites for hydroxylation is 1. The van der Waals surface area contributed by atoms with Gasteiger partial charge in [-0.15, -0.1) is 0 Å². The smallest absolute Gasteiger partial charge is 0.303 e. The molecule has 2 rings (SSSR count). The highest BCUT2D eigenvalue weighted by atomic mass is 16.4. The van der Waals surface area contributed by atoms with Gasteiger partial charge >= 0.3 is 5.97 Å². The molecule has 0 atom stereocenters. The number of hydrogen-bond acceptors (Lipinski definition) is 4. The third-order valence-corrected chi connectivity index (χ3v) is 3.35. The monoisotopic (exact) mass is 302 g/mol. The number of hydrogen-bond donors (Lipinski definition) is 1. The molecule has 1 amide bonds. The van der Waals surface area contributed by atoms with Crippen molar-refractivity contribution < 1.29 is 14.7 Å². The normalized spacial score (nSPS) is 10.5. The van der Waals surface area contributed by atoms with Crippen LogP contribution in [0.15, 0.2) is 30.9 Å². The summed E-state index contributed by atoms with van der Waals surface area (Å²) in [6, 6.07) is 5.43. The molecule has 116 valence electrons. The van der Waals surface area contributed by atoms with Gasteiger partial charge in [0.15, 0.2) is 0 Å². The summed E-state index contributed by atoms with van der Waals surface area (Å²) in [5, 5.41) is 12.7. The highest BCUT2D eigenvalue weighted by Gasteiger charge is 2.15. The first-order valence-electron chi connectivity index (χ1n) is 6.92. The Bertz CT molecular complexity index is 667. The molecule has 0 aliphatic rings. The summed E-state index contributed by atoms with van der Waals surface area (Å²) < 4.78 is 1.62. The van der Waals surface area contributed by atoms with Crippen molar-refractivity contribution in [2.24, 2.45) is 0 Å². The molecule has 1 aromatic heterocycles. The number of benzene rings is 1. The molecule has 0 fully saturated rings. The summed E-state index contributed by atoms with van der Waals surface area (Å²) in [7, 11) is 1.68. The summed E-state index contributed by atoms with van der Waals surface area (Å²) in [5.74, 6) is -0.970. The molecule has 7 nitrogen and oxygen atoms in total. The van der Waals surface area contributed by atoms with E-state index in [2.05, 4.69) is 10.1 Å². The van der Waals surface area contributed by atoms with Gasteiger partial charge in [-0.25, -0.2) is 9.67 Å². The molecule has 0 bridgehead atoms. The Labute approximate surface area is 128 Å². The first kappa shape index (κ1) is 15.7. The van der Waals surface area contributed by atoms with Crippen molar-refractivity contribution in [3.63, 3.8) is 0 Å². The molecule has 0 aliphatic carbocycles. The van der Waals surface area contributed by atoms with Gasteiger partial charge in [-0.1, -0.05) is 0 Å². The molecule has 0 saturated carbocycles. The van der Waals surface area contributed by atoms with E-state index >= 15 is 0 Å². The van der Waals surface area contributed by atoms with Crippen LogP contribution in [0, 0.1) is 6.92 Å². The van der Waals surface area contributed by atoms with E-state index in [4.69, 9.17) is 5.11 Å². The fourth-order valence-corrected chi connectivity index (χ4v) is 2.15. The summed E-state index contributed by atoms with van der Waals surface area (Å²) in [4.78, 5) is 28.3. The fourth-order valence-electron chi connectivity index (χ4n) is 2.15. The fraction of sp³-hybridized carbons (Fsp3) is 0.333. The number of carboxylic acids is 1. The Morgan fingerprint density at radius 2 is 2.14 bits per heavy atom. The standard InChI is InChI=1S/C15H18N4O3/c1-11-8-12(19-10-16-9-17-19)5-6-13(11)15(22)18(2)7-3-4-14(20)21/h5-6,8-10H,3-4,7H2,1-2H3,(H,20,21). The highest BCUT2D eigenvalue weighted by molar-refractivity contribution is 5.95. The van der Waals surface area contributed by atoms with Gasteiger partial charge in [-0.3, -0.25) is 9.59 Å². The maximum Gasteiger partial charge on any atom is 0.303 e. The topological polar surface area (TPSA) is 88.3 Å². The van der Waals surface area contributed by atoms with Crippen LogP contribution in [0.5, 0.6) is 0 Å². The quantitative estimate of drug-likeness (QED) is 0.874. The van der Waals surface area contributed by atoms with Crippen LogP contribution in [0.3, 0.4) is 0 Å². The molecule has 22 heavy (non-hydrogen) atoms. The summed E-state index contributed by atoms with van der Waals surface area (Å²) in [6.07, 6.45) is 3.54. The third kappa shape index (κ3) is 3.69. The van der Waals surface area contributed by atoms with E-state index in [1.807, 2.05) is 13.0 Å². The van der Waals surface area contributed by atoms with Gasteiger partial charge in [0.25, 0.3) is 5.91 Å². The van der Waals surface area contributed by atoms with Crippen molar-refractivity contribution in [3.05, 3.63) is 42.0 Å². The van der Waals surface area contributed by atoms with E-state index in [0.29, 0.717) is 18.5 Å². The van der Waals surface area contributed by atoms with Crippen LogP contribution in [0.25, 0.3) is 5.69 Å². The Hall–Kier alpha value is -2.70. The Morgan fingerprint density at radius 1 is 1.36 bits per heavy atom. The number of nitrogens with zero attached hydrogens (tertiary/aromatic N) is 4. The van der Waals surface area contributed by atoms with Crippen molar-refractivity contribution in [1.82, 2.24) is 19.7 Å². The van der Waals surface area contributed by atoms with Crippen LogP contribution in [0.1, 0.15) is 28.8 Å². The van der Waals surface area contributed by atoms with Crippen LogP contribution in [-0.4, -0.2) is 50.2 Å². The minimum atomic E-state index is -0.853. The number of aliphatic carboxylic acids is 1. The lowest BCUT2D eigenvalue weighted by Gasteiger charge is -2.18. The molecule has 0 saturated heterocycles. The van der Waals surface area contributed by atoms with Gasteiger partial charge in [0.05, 0.1) is 5.69 Å². The first-order chi connectivity index (χ1) is 10.5. The average molecular weight is 302 g/mol. The Balaban J connectivity index is 2.08. The van der Waals surface area contributed by atoms with Gasteiger partial charge in [0.2, 0.25) is 0 Å². The Morgan fingerprint density at radius 3 is 2.73 bits per heavy atom. The maximum absolute atomic E-state index is 12.4. The van der Waals surface area contributed by atoms with Gasteiger partial charge < -0.3 is 10.0 Å². The lowest BCUT2D eigenvalue weighted by Crippen LogP contribution is -2.28. The van der Waals surface area contributed by atoms with E-state index in [0.717, 1.165) is 11.3 Å². The minimum Gasteiger partial charge on any atom is -0.481 e. The molecule has 0 unspecified atom stereocenters. The number of amides is 1. The molecule has 1 N–H and O–H groups in total. The lowest BCUT2D eigenvalue weighted by atomic mass is 10.1. The Kier molecular flexibility index (Phi) is 4.88. The van der Waals surface area contributed by atoms with Crippen LogP contribution in [0.4, 0.5) is 0 Å². The zero-order valence-corrected chi connectivity index (χ0v) is 12.6. The molecular weight excluding hydrogens is 284 g/mol. The van der Waals surface area contributed by atoms with E-state index < -0.39 is 5.97 Å². The second-order valence-corrected chi connectivity index (χ2v) is 5.06. The molecule has 0 aliphatic heterocycles. The van der Waals surface area contributed by atoms with Crippen LogP contribution < -0.4 is 0 Å². The van der Waals surface area contributed by atoms with E-state index in [1.54, 1.807) is 35.1 Å². The first-order valence-corrected chi connectivity index (χ1v) is 6.92. The SMILES string of the molecule is Cc1cc(-n2cncn2)ccc1C(=O)N(C)CCCC(=O)O. The number of rotatable bonds is 6. The number of carbonyl (C=O) groups excluding carboxylic acids is 1. The van der Waals surface area contributed by atoms with E-state index in [1.165, 1.54) is 6.33 Å². The van der Waals surface area contributed by atoms with E-state index in [-0.39, 0.29) is 12.3 Å². The van der Waals surface area contributed by atoms with Crippen molar-refractivity contribution >= 4 is 11.9 Å². The summed E-state index contributed by atoms with van der Waals surface area (Å²) >= 11 is 0. The highest BCUT2D eigenvalue weighted by Crippen LogP contribution is 2.15. The second-order valence-electron chi connectivity index (χ2n) is 5.06. The molecule has 2 aromatic rings. The van der Waals surface area contributed by atoms with Crippen molar-refractivity contribution in [3.8, 4) is 5.69 Å².